The van der Waals surface area contributed by atoms with Crippen LogP contribution in [-0.2, 0) is 11.2 Å². The second-order valence-corrected chi connectivity index (χ2v) is 5.41. The lowest BCUT2D eigenvalue weighted by Gasteiger charge is -2.23. The van der Waals surface area contributed by atoms with Crippen molar-refractivity contribution in [3.05, 3.63) is 35.6 Å². The van der Waals surface area contributed by atoms with Crippen molar-refractivity contribution in [1.82, 2.24) is 10.2 Å². The summed E-state index contributed by atoms with van der Waals surface area (Å²) in [5.41, 5.74) is 0.895. The number of hydrogen-bond acceptors (Lipinski definition) is 2. The molecule has 19 heavy (non-hydrogen) atoms. The van der Waals surface area contributed by atoms with E-state index >= 15 is 0 Å². The molecule has 4 heteroatoms. The van der Waals surface area contributed by atoms with E-state index in [2.05, 4.69) is 5.32 Å². The van der Waals surface area contributed by atoms with Crippen LogP contribution >= 0.6 is 0 Å². The third-order valence-corrected chi connectivity index (χ3v) is 3.82. The predicted molar refractivity (Wildman–Crippen MR) is 73.3 cm³/mol. The van der Waals surface area contributed by atoms with E-state index < -0.39 is 0 Å². The van der Waals surface area contributed by atoms with Crippen LogP contribution in [0.15, 0.2) is 24.3 Å². The minimum atomic E-state index is -0.223. The molecule has 0 aliphatic heterocycles. The van der Waals surface area contributed by atoms with E-state index in [9.17, 15) is 9.18 Å². The van der Waals surface area contributed by atoms with E-state index in [-0.39, 0.29) is 17.1 Å². The molecule has 1 aliphatic rings. The molecule has 1 aromatic carbocycles. The zero-order valence-corrected chi connectivity index (χ0v) is 11.6. The number of nitrogens with one attached hydrogen (secondary N) is 1. The third kappa shape index (κ3) is 3.32. The maximum Gasteiger partial charge on any atom is 0.229 e. The molecule has 0 heterocycles. The highest BCUT2D eigenvalue weighted by molar-refractivity contribution is 5.85. The first-order valence-electron chi connectivity index (χ1n) is 6.72. The van der Waals surface area contributed by atoms with Gasteiger partial charge in [-0.15, -0.1) is 0 Å². The number of nitrogens with zero attached hydrogens (tertiary/aromatic N) is 1. The molecule has 0 spiro atoms. The Morgan fingerprint density at radius 2 is 2.00 bits per heavy atom. The molecule has 1 amide bonds. The Bertz CT molecular complexity index is 440. The topological polar surface area (TPSA) is 32.3 Å². The second kappa shape index (κ2) is 5.70. The number of carbonyl (C=O) groups excluding carboxylic acids is 1. The van der Waals surface area contributed by atoms with Crippen molar-refractivity contribution >= 4 is 5.91 Å². The fourth-order valence-corrected chi connectivity index (χ4v) is 2.41. The molecule has 0 saturated heterocycles. The van der Waals surface area contributed by atoms with Crippen LogP contribution in [0.1, 0.15) is 18.4 Å². The van der Waals surface area contributed by atoms with Crippen LogP contribution in [0.2, 0.25) is 0 Å². The first kappa shape index (κ1) is 14.0. The molecule has 1 N–H and O–H groups in total. The monoisotopic (exact) mass is 264 g/mol. The van der Waals surface area contributed by atoms with Crippen molar-refractivity contribution < 1.29 is 9.18 Å². The molecule has 1 fully saturated rings. The van der Waals surface area contributed by atoms with Gasteiger partial charge in [-0.25, -0.2) is 4.39 Å². The zero-order valence-electron chi connectivity index (χ0n) is 11.6. The fourth-order valence-electron chi connectivity index (χ4n) is 2.41. The second-order valence-electron chi connectivity index (χ2n) is 5.41. The first-order valence-corrected chi connectivity index (χ1v) is 6.72. The Labute approximate surface area is 113 Å². The van der Waals surface area contributed by atoms with Crippen LogP contribution in [0.4, 0.5) is 4.39 Å². The molecule has 0 radical (unpaired) electrons. The maximum absolute atomic E-state index is 12.8. The zero-order chi connectivity index (χ0) is 13.9. The molecular formula is C15H21FN2O. The first-order chi connectivity index (χ1) is 9.07. The van der Waals surface area contributed by atoms with Crippen molar-refractivity contribution in [3.63, 3.8) is 0 Å². The molecule has 2 rings (SSSR count). The lowest BCUT2D eigenvalue weighted by molar-refractivity contribution is -0.135. The van der Waals surface area contributed by atoms with Crippen LogP contribution in [0, 0.1) is 11.2 Å². The number of benzene rings is 1. The highest BCUT2D eigenvalue weighted by atomic mass is 19.1. The molecule has 0 bridgehead atoms. The molecular weight excluding hydrogens is 243 g/mol. The molecule has 0 atom stereocenters. The van der Waals surface area contributed by atoms with E-state index in [0.29, 0.717) is 6.54 Å². The van der Waals surface area contributed by atoms with Crippen LogP contribution in [0.5, 0.6) is 0 Å². The van der Waals surface area contributed by atoms with Gasteiger partial charge in [-0.05, 0) is 44.0 Å². The number of hydrogen-bond donors (Lipinski definition) is 1. The quantitative estimate of drug-likeness (QED) is 0.850. The van der Waals surface area contributed by atoms with Gasteiger partial charge >= 0.3 is 0 Å². The van der Waals surface area contributed by atoms with Crippen molar-refractivity contribution in [3.8, 4) is 0 Å². The smallest absolute Gasteiger partial charge is 0.229 e. The van der Waals surface area contributed by atoms with E-state index in [4.69, 9.17) is 0 Å². The SMILES string of the molecule is CNCC1(C(=O)N(C)CCc2ccc(F)cc2)CC1. The number of amides is 1. The molecule has 1 aromatic rings. The van der Waals surface area contributed by atoms with Gasteiger partial charge in [0.15, 0.2) is 0 Å². The van der Waals surface area contributed by atoms with Gasteiger partial charge in [0.25, 0.3) is 0 Å². The van der Waals surface area contributed by atoms with Gasteiger partial charge in [0.1, 0.15) is 5.82 Å². The lowest BCUT2D eigenvalue weighted by Crippen LogP contribution is -2.39. The van der Waals surface area contributed by atoms with Gasteiger partial charge in [-0.1, -0.05) is 12.1 Å². The van der Waals surface area contributed by atoms with E-state index in [1.54, 1.807) is 17.0 Å². The van der Waals surface area contributed by atoms with Gasteiger partial charge in [0.05, 0.1) is 5.41 Å². The lowest BCUT2D eigenvalue weighted by atomic mass is 10.1. The summed E-state index contributed by atoms with van der Waals surface area (Å²) in [6.07, 6.45) is 2.72. The largest absolute Gasteiger partial charge is 0.345 e. The van der Waals surface area contributed by atoms with Gasteiger partial charge in [0.2, 0.25) is 5.91 Å². The third-order valence-electron chi connectivity index (χ3n) is 3.82. The van der Waals surface area contributed by atoms with E-state index in [1.165, 1.54) is 12.1 Å². The summed E-state index contributed by atoms with van der Waals surface area (Å²) in [4.78, 5) is 14.1. The Kier molecular flexibility index (Phi) is 4.20. The minimum Gasteiger partial charge on any atom is -0.345 e. The summed E-state index contributed by atoms with van der Waals surface area (Å²) >= 11 is 0. The van der Waals surface area contributed by atoms with Crippen molar-refractivity contribution in [1.29, 1.82) is 0 Å². The summed E-state index contributed by atoms with van der Waals surface area (Å²) in [6, 6.07) is 6.46. The van der Waals surface area contributed by atoms with Crippen LogP contribution in [0.25, 0.3) is 0 Å². The Morgan fingerprint density at radius 3 is 2.53 bits per heavy atom. The van der Waals surface area contributed by atoms with Crippen LogP contribution in [0.3, 0.4) is 0 Å². The molecule has 1 saturated carbocycles. The molecule has 0 aromatic heterocycles. The van der Waals surface area contributed by atoms with Crippen LogP contribution in [-0.4, -0.2) is 38.0 Å². The molecule has 0 unspecified atom stereocenters. The Balaban J connectivity index is 1.86. The van der Waals surface area contributed by atoms with Crippen molar-refractivity contribution in [2.75, 3.05) is 27.2 Å². The van der Waals surface area contributed by atoms with Crippen molar-refractivity contribution in [2.24, 2.45) is 5.41 Å². The summed E-state index contributed by atoms with van der Waals surface area (Å²) in [5, 5.41) is 3.10. The molecule has 3 nitrogen and oxygen atoms in total. The van der Waals surface area contributed by atoms with Gasteiger partial charge in [0, 0.05) is 20.1 Å². The Hall–Kier alpha value is -1.42. The Morgan fingerprint density at radius 1 is 1.37 bits per heavy atom. The van der Waals surface area contributed by atoms with Gasteiger partial charge in [-0.2, -0.15) is 0 Å². The number of likely N-dealkylation sites (N-methyl/N-ethyl adjacent to an activating group) is 1. The van der Waals surface area contributed by atoms with Crippen LogP contribution < -0.4 is 5.32 Å². The summed E-state index contributed by atoms with van der Waals surface area (Å²) in [6.45, 7) is 1.43. The summed E-state index contributed by atoms with van der Waals surface area (Å²) in [7, 11) is 3.73. The number of halogens is 1. The normalized spacial score (nSPS) is 16.2. The highest BCUT2D eigenvalue weighted by Crippen LogP contribution is 2.46. The number of carbonyl (C=O) groups is 1. The van der Waals surface area contributed by atoms with Gasteiger partial charge in [-0.3, -0.25) is 4.79 Å². The predicted octanol–water partition coefficient (Wildman–Crippen LogP) is 1.83. The van der Waals surface area contributed by atoms with Crippen molar-refractivity contribution in [2.45, 2.75) is 19.3 Å². The number of rotatable bonds is 6. The summed E-state index contributed by atoms with van der Waals surface area (Å²) < 4.78 is 12.8. The van der Waals surface area contributed by atoms with E-state index in [1.807, 2.05) is 14.1 Å². The maximum atomic E-state index is 12.8. The van der Waals surface area contributed by atoms with E-state index in [0.717, 1.165) is 31.4 Å². The van der Waals surface area contributed by atoms with Gasteiger partial charge < -0.3 is 10.2 Å². The summed E-state index contributed by atoms with van der Waals surface area (Å²) in [5.74, 6) is 0.00287. The minimum absolute atomic E-state index is 0.160. The highest BCUT2D eigenvalue weighted by Gasteiger charge is 2.50. The standard InChI is InChI=1S/C15H21FN2O/c1-17-11-15(8-9-15)14(19)18(2)10-7-12-3-5-13(16)6-4-12/h3-6,17H,7-11H2,1-2H3. The molecule has 1 aliphatic carbocycles. The fraction of sp³-hybridized carbons (Fsp3) is 0.533. The molecule has 104 valence electrons. The average Bonchev–Trinajstić information content (AvgIpc) is 3.18. The average molecular weight is 264 g/mol.